The van der Waals surface area contributed by atoms with Crippen LogP contribution in [0.4, 0.5) is 11.4 Å². The number of benzene rings is 8. The van der Waals surface area contributed by atoms with Crippen molar-refractivity contribution in [2.45, 2.75) is 77.3 Å². The first kappa shape index (κ1) is 44.8. The summed E-state index contributed by atoms with van der Waals surface area (Å²) in [5.74, 6) is 1.25. The van der Waals surface area contributed by atoms with Gasteiger partial charge in [0.2, 0.25) is 11.8 Å². The lowest BCUT2D eigenvalue weighted by Gasteiger charge is -2.24. The molecule has 0 spiro atoms. The number of hydrogen-bond donors (Lipinski definition) is 0. The zero-order valence-electron chi connectivity index (χ0n) is 41.5. The molecular weight excluding hydrogens is 885 g/mol. The van der Waals surface area contributed by atoms with E-state index < -0.39 is 0 Å². The molecular formula is C64H56N6O2. The molecule has 4 heterocycles. The number of hydrogen-bond acceptors (Lipinski definition) is 8. The summed E-state index contributed by atoms with van der Waals surface area (Å²) in [5.41, 5.74) is 18.9. The second-order valence-electron chi connectivity index (χ2n) is 21.2. The minimum Gasteiger partial charge on any atom is -0.436 e. The monoisotopic (exact) mass is 940 g/mol. The lowest BCUT2D eigenvalue weighted by Crippen LogP contribution is -2.18. The Morgan fingerprint density at radius 3 is 1.10 bits per heavy atom. The molecule has 10 aromatic rings. The maximum Gasteiger partial charge on any atom is 0.227 e. The third-order valence-electron chi connectivity index (χ3n) is 14.2. The summed E-state index contributed by atoms with van der Waals surface area (Å²) in [7, 11) is 0. The van der Waals surface area contributed by atoms with Gasteiger partial charge in [-0.2, -0.15) is 10.2 Å². The van der Waals surface area contributed by atoms with Crippen LogP contribution in [-0.4, -0.2) is 21.4 Å². The minimum absolute atomic E-state index is 0.0271. The lowest BCUT2D eigenvalue weighted by atomic mass is 9.87. The topological polar surface area (TPSA) is 83.3 Å². The number of para-hydroxylation sites is 2. The molecule has 2 aromatic heterocycles. The Morgan fingerprint density at radius 2 is 0.736 bits per heavy atom. The van der Waals surface area contributed by atoms with Crippen molar-refractivity contribution >= 4 is 45.0 Å². The van der Waals surface area contributed by atoms with Crippen LogP contribution in [0.15, 0.2) is 213 Å². The molecule has 354 valence electrons. The van der Waals surface area contributed by atoms with Crippen molar-refractivity contribution in [3.63, 3.8) is 0 Å². The van der Waals surface area contributed by atoms with E-state index in [-0.39, 0.29) is 22.9 Å². The summed E-state index contributed by atoms with van der Waals surface area (Å²) in [6.45, 7) is 13.3. The number of hydrazone groups is 2. The largest absolute Gasteiger partial charge is 0.436 e. The standard InChI is InChI=1S/C64H56N6O2/c1-63(2,3)49-33-35-59-55(37-49)65-61(71-59)47-29-25-45(26-30-47)57-39-53(67-69(57)51-13-9-7-10-14-51)43-21-17-41(18-22-43)42-19-23-44(24-20-42)54-40-58(70(68-54)52-15-11-8-12-16-52)46-27-31-48(32-28-46)62-66-56-38-50(64(4,5)6)34-36-60(56)72-62/h7-38,57-58H,39-40H2,1-6H3. The number of aromatic nitrogens is 2. The fourth-order valence-electron chi connectivity index (χ4n) is 9.97. The normalized spacial score (nSPS) is 16.2. The average Bonchev–Trinajstić information content (AvgIpc) is 4.24. The van der Waals surface area contributed by atoms with Crippen molar-refractivity contribution < 1.29 is 8.83 Å². The molecule has 0 saturated heterocycles. The lowest BCUT2D eigenvalue weighted by molar-refractivity contribution is 0.589. The van der Waals surface area contributed by atoms with Gasteiger partial charge < -0.3 is 8.83 Å². The van der Waals surface area contributed by atoms with Crippen molar-refractivity contribution in [1.29, 1.82) is 0 Å². The van der Waals surface area contributed by atoms with Gasteiger partial charge in [-0.15, -0.1) is 0 Å². The quantitative estimate of drug-likeness (QED) is 0.143. The highest BCUT2D eigenvalue weighted by atomic mass is 16.4. The first-order chi connectivity index (χ1) is 34.9. The summed E-state index contributed by atoms with van der Waals surface area (Å²) in [4.78, 5) is 9.77. The van der Waals surface area contributed by atoms with E-state index in [9.17, 15) is 0 Å². The zero-order chi connectivity index (χ0) is 49.1. The van der Waals surface area contributed by atoms with Crippen LogP contribution in [0.3, 0.4) is 0 Å². The highest BCUT2D eigenvalue weighted by Crippen LogP contribution is 2.41. The second-order valence-corrected chi connectivity index (χ2v) is 21.2. The number of nitrogens with zero attached hydrogens (tertiary/aromatic N) is 6. The maximum atomic E-state index is 6.23. The second kappa shape index (κ2) is 17.8. The van der Waals surface area contributed by atoms with Gasteiger partial charge in [0, 0.05) is 24.0 Å². The number of anilines is 2. The number of fused-ring (bicyclic) bond motifs is 2. The third kappa shape index (κ3) is 8.68. The number of rotatable bonds is 9. The van der Waals surface area contributed by atoms with Crippen LogP contribution in [0.5, 0.6) is 0 Å². The van der Waals surface area contributed by atoms with Crippen molar-refractivity contribution in [2.75, 3.05) is 10.0 Å². The minimum atomic E-state index is 0.0271. The van der Waals surface area contributed by atoms with Gasteiger partial charge in [0.15, 0.2) is 11.2 Å². The molecule has 8 aromatic carbocycles. The van der Waals surface area contributed by atoms with Crippen LogP contribution in [0, 0.1) is 0 Å². The van der Waals surface area contributed by atoms with Crippen molar-refractivity contribution in [3.05, 3.63) is 228 Å². The molecule has 0 fully saturated rings. The molecule has 12 rings (SSSR count). The molecule has 0 radical (unpaired) electrons. The van der Waals surface area contributed by atoms with E-state index in [4.69, 9.17) is 29.0 Å². The SMILES string of the molecule is CC(C)(C)c1ccc2oc(-c3ccc(C4CC(c5ccc(-c6ccc(C7=NN(c8ccccc8)C(c8ccc(-c9nc%10cc(C(C)(C)C)ccc%10o9)cc8)C7)cc6)cc5)=NN4c4ccccc4)cc3)nc2c1. The van der Waals surface area contributed by atoms with Gasteiger partial charge >= 0.3 is 0 Å². The highest BCUT2D eigenvalue weighted by molar-refractivity contribution is 6.04. The molecule has 2 aliphatic heterocycles. The van der Waals surface area contributed by atoms with E-state index in [1.54, 1.807) is 0 Å². The van der Waals surface area contributed by atoms with E-state index in [2.05, 4.69) is 221 Å². The van der Waals surface area contributed by atoms with E-state index >= 15 is 0 Å². The summed E-state index contributed by atoms with van der Waals surface area (Å²) in [6.07, 6.45) is 1.54. The molecule has 8 heteroatoms. The van der Waals surface area contributed by atoms with Gasteiger partial charge in [0.25, 0.3) is 0 Å². The van der Waals surface area contributed by atoms with E-state index in [0.29, 0.717) is 11.8 Å². The molecule has 0 bridgehead atoms. The van der Waals surface area contributed by atoms with E-state index in [1.807, 2.05) is 24.3 Å². The molecule has 0 saturated carbocycles. The zero-order valence-corrected chi connectivity index (χ0v) is 41.5. The molecule has 72 heavy (non-hydrogen) atoms. The van der Waals surface area contributed by atoms with Gasteiger partial charge in [-0.1, -0.05) is 163 Å². The molecule has 0 aliphatic carbocycles. The van der Waals surface area contributed by atoms with E-state index in [0.717, 1.165) is 91.2 Å². The van der Waals surface area contributed by atoms with Crippen molar-refractivity contribution in [2.24, 2.45) is 10.2 Å². The van der Waals surface area contributed by atoms with Crippen LogP contribution >= 0.6 is 0 Å². The average molecular weight is 941 g/mol. The van der Waals surface area contributed by atoms with Crippen LogP contribution in [0.2, 0.25) is 0 Å². The van der Waals surface area contributed by atoms with Crippen LogP contribution in [0.1, 0.15) is 99.8 Å². The Kier molecular flexibility index (Phi) is 11.1. The van der Waals surface area contributed by atoms with Crippen molar-refractivity contribution in [3.8, 4) is 34.0 Å². The van der Waals surface area contributed by atoms with Gasteiger partial charge in [-0.05, 0) is 128 Å². The molecule has 0 amide bonds. The fourth-order valence-corrected chi connectivity index (χ4v) is 9.97. The Balaban J connectivity index is 0.755. The molecule has 2 aliphatic rings. The Hall–Kier alpha value is -8.36. The van der Waals surface area contributed by atoms with Gasteiger partial charge in [0.05, 0.1) is 34.9 Å². The summed E-state index contributed by atoms with van der Waals surface area (Å²) >= 11 is 0. The Labute approximate surface area is 421 Å². The molecule has 2 atom stereocenters. The number of oxazole rings is 2. The van der Waals surface area contributed by atoms with Gasteiger partial charge in [-0.3, -0.25) is 10.0 Å². The summed E-state index contributed by atoms with van der Waals surface area (Å²) in [5, 5.41) is 14.9. The maximum absolute atomic E-state index is 6.23. The third-order valence-corrected chi connectivity index (χ3v) is 14.2. The van der Waals surface area contributed by atoms with Crippen LogP contribution < -0.4 is 10.0 Å². The van der Waals surface area contributed by atoms with E-state index in [1.165, 1.54) is 22.3 Å². The summed E-state index contributed by atoms with van der Waals surface area (Å²) < 4.78 is 12.5. The van der Waals surface area contributed by atoms with Gasteiger partial charge in [0.1, 0.15) is 11.0 Å². The molecule has 0 N–H and O–H groups in total. The van der Waals surface area contributed by atoms with Crippen molar-refractivity contribution in [1.82, 2.24) is 9.97 Å². The summed E-state index contributed by atoms with van der Waals surface area (Å²) in [6, 6.07) is 68.4. The fraction of sp³-hybridized carbons (Fsp3) is 0.188. The smallest absolute Gasteiger partial charge is 0.227 e. The first-order valence-electron chi connectivity index (χ1n) is 25.0. The van der Waals surface area contributed by atoms with Crippen LogP contribution in [0.25, 0.3) is 56.2 Å². The van der Waals surface area contributed by atoms with Crippen LogP contribution in [-0.2, 0) is 10.8 Å². The molecule has 2 unspecified atom stereocenters. The van der Waals surface area contributed by atoms with Gasteiger partial charge in [-0.25, -0.2) is 9.97 Å². The predicted molar refractivity (Wildman–Crippen MR) is 294 cm³/mol. The highest BCUT2D eigenvalue weighted by Gasteiger charge is 2.32. The first-order valence-corrected chi connectivity index (χ1v) is 25.0. The predicted octanol–water partition coefficient (Wildman–Crippen LogP) is 16.3. The Bertz CT molecular complexity index is 3390. The molecule has 8 nitrogen and oxygen atoms in total. The Morgan fingerprint density at radius 1 is 0.389 bits per heavy atom.